The molecule has 2 aromatic carbocycles. The van der Waals surface area contributed by atoms with E-state index >= 15 is 4.39 Å². The zero-order chi connectivity index (χ0) is 56.2. The number of primary amides is 2. The van der Waals surface area contributed by atoms with E-state index in [1.165, 1.54) is 38.0 Å². The monoisotopic (exact) mass is 1050 g/mol. The molecule has 2 fully saturated rings. The second kappa shape index (κ2) is 19.3. The molecular formula is C53H63F2N5O15. The molecule has 0 spiro atoms. The number of aliphatic hydroxyl groups excluding tert-OH is 4. The molecule has 2 saturated carbocycles. The number of phenolic OH excluding ortho intramolecular Hbond substituents is 2. The average molecular weight is 1050 g/mol. The first kappa shape index (κ1) is 55.7. The van der Waals surface area contributed by atoms with Gasteiger partial charge in [0.05, 0.1) is 28.9 Å². The topological polar surface area (TPSA) is 352 Å². The van der Waals surface area contributed by atoms with Crippen LogP contribution in [-0.4, -0.2) is 143 Å². The van der Waals surface area contributed by atoms with Crippen molar-refractivity contribution in [3.63, 3.8) is 0 Å². The van der Waals surface area contributed by atoms with Crippen LogP contribution >= 0.6 is 0 Å². The third-order valence-electron chi connectivity index (χ3n) is 16.0. The summed E-state index contributed by atoms with van der Waals surface area (Å²) in [6.07, 6.45) is 0.907. The molecule has 75 heavy (non-hydrogen) atoms. The van der Waals surface area contributed by atoms with Gasteiger partial charge >= 0.3 is 0 Å². The molecule has 8 rings (SSSR count). The molecule has 13 N–H and O–H groups in total. The van der Waals surface area contributed by atoms with Crippen molar-refractivity contribution in [2.45, 2.75) is 108 Å². The number of fused-ring (bicyclic) bond motifs is 6. The zero-order valence-corrected chi connectivity index (χ0v) is 42.8. The summed E-state index contributed by atoms with van der Waals surface area (Å²) in [6, 6.07) is 0.646. The Bertz CT molecular complexity index is 3030. The third kappa shape index (κ3) is 8.36. The van der Waals surface area contributed by atoms with E-state index < -0.39 is 163 Å². The van der Waals surface area contributed by atoms with Gasteiger partial charge in [0.2, 0.25) is 17.5 Å². The summed E-state index contributed by atoms with van der Waals surface area (Å²) < 4.78 is 30.6. The van der Waals surface area contributed by atoms with Crippen LogP contribution in [-0.2, 0) is 33.6 Å². The van der Waals surface area contributed by atoms with Gasteiger partial charge in [-0.25, -0.2) is 8.78 Å². The summed E-state index contributed by atoms with van der Waals surface area (Å²) in [5, 5.41) is 91.6. The van der Waals surface area contributed by atoms with Crippen LogP contribution in [0.1, 0.15) is 107 Å². The molecule has 0 saturated heterocycles. The van der Waals surface area contributed by atoms with Crippen molar-refractivity contribution in [1.29, 1.82) is 0 Å². The molecule has 404 valence electrons. The number of carbonyl (C=O) groups is 7. The maximum absolute atomic E-state index is 15.8. The number of Topliss-reactive ketones (excluding diaryl/α,β-unsaturated/α-hetero) is 4. The second-order valence-electron chi connectivity index (χ2n) is 21.9. The molecule has 0 heterocycles. The zero-order valence-electron chi connectivity index (χ0n) is 42.8. The van der Waals surface area contributed by atoms with Crippen LogP contribution in [0.4, 0.5) is 14.5 Å². The quantitative estimate of drug-likeness (QED) is 0.125. The van der Waals surface area contributed by atoms with Crippen molar-refractivity contribution in [3.8, 4) is 11.5 Å². The molecule has 6 aliphatic rings. The van der Waals surface area contributed by atoms with E-state index in [0.29, 0.717) is 12.8 Å². The number of benzene rings is 2. The smallest absolute Gasteiger partial charge is 0.255 e. The Kier molecular flexibility index (Phi) is 14.3. The lowest BCUT2D eigenvalue weighted by Gasteiger charge is -2.51. The van der Waals surface area contributed by atoms with Crippen molar-refractivity contribution in [2.24, 2.45) is 40.6 Å². The minimum atomic E-state index is -2.81. The first-order valence-corrected chi connectivity index (χ1v) is 24.4. The fourth-order valence-electron chi connectivity index (χ4n) is 12.6. The second-order valence-corrected chi connectivity index (χ2v) is 21.9. The predicted octanol–water partition coefficient (Wildman–Crippen LogP) is 3.87. The van der Waals surface area contributed by atoms with Crippen LogP contribution in [0.5, 0.6) is 11.5 Å². The molecule has 20 nitrogen and oxygen atoms in total. The maximum Gasteiger partial charge on any atom is 0.255 e. The number of nitrogens with one attached hydrogen (secondary N) is 1. The van der Waals surface area contributed by atoms with Gasteiger partial charge in [-0.2, -0.15) is 0 Å². The normalized spacial score (nSPS) is 29.3. The Morgan fingerprint density at radius 1 is 0.693 bits per heavy atom. The van der Waals surface area contributed by atoms with Crippen LogP contribution in [0.2, 0.25) is 0 Å². The highest BCUT2D eigenvalue weighted by Gasteiger charge is 2.67. The lowest BCUT2D eigenvalue weighted by Crippen LogP contribution is -2.66. The number of hydrogen-bond donors (Lipinski definition) is 11. The van der Waals surface area contributed by atoms with Gasteiger partial charge in [-0.3, -0.25) is 43.4 Å². The molecule has 6 aliphatic carbocycles. The van der Waals surface area contributed by atoms with Crippen molar-refractivity contribution < 1.29 is 83.2 Å². The third-order valence-corrected chi connectivity index (χ3v) is 16.0. The van der Waals surface area contributed by atoms with Gasteiger partial charge in [-0.1, -0.05) is 34.6 Å². The summed E-state index contributed by atoms with van der Waals surface area (Å²) in [4.78, 5) is 93.7. The number of ketones is 4. The summed E-state index contributed by atoms with van der Waals surface area (Å²) >= 11 is 0. The molecule has 22 heteroatoms. The Morgan fingerprint density at radius 3 is 1.49 bits per heavy atom. The Morgan fingerprint density at radius 2 is 1.11 bits per heavy atom. The summed E-state index contributed by atoms with van der Waals surface area (Å²) in [7, 11) is 6.03. The van der Waals surface area contributed by atoms with Gasteiger partial charge in [-0.05, 0) is 102 Å². The number of aliphatic hydroxyl groups is 6. The van der Waals surface area contributed by atoms with E-state index in [-0.39, 0.29) is 64.6 Å². The summed E-state index contributed by atoms with van der Waals surface area (Å²) in [5.41, 5.74) is 1.47. The van der Waals surface area contributed by atoms with E-state index in [0.717, 1.165) is 18.2 Å². The first-order valence-electron chi connectivity index (χ1n) is 24.4. The highest BCUT2D eigenvalue weighted by atomic mass is 19.1. The largest absolute Gasteiger partial charge is 0.508 e. The van der Waals surface area contributed by atoms with Gasteiger partial charge < -0.3 is 57.6 Å². The van der Waals surface area contributed by atoms with Crippen molar-refractivity contribution in [3.05, 3.63) is 85.9 Å². The number of halogens is 2. The van der Waals surface area contributed by atoms with Crippen LogP contribution in [0, 0.1) is 40.7 Å². The fraction of sp³-hybridized carbons (Fsp3) is 0.491. The van der Waals surface area contributed by atoms with E-state index in [1.54, 1.807) is 13.8 Å². The number of rotatable bonds is 9. The predicted molar refractivity (Wildman–Crippen MR) is 264 cm³/mol. The number of phenols is 2. The van der Waals surface area contributed by atoms with Gasteiger partial charge in [0.15, 0.2) is 28.5 Å². The van der Waals surface area contributed by atoms with E-state index in [4.69, 9.17) is 11.5 Å². The van der Waals surface area contributed by atoms with Crippen LogP contribution in [0.3, 0.4) is 0 Å². The SMILES string of the molecule is CC[C@H]1c2c(F)cc(NC(=O)CCC(C)(C)C)c(O)c2C(O)=C2C(=O)[C@]3(O)C(O)=C(C(N)=O)C(=O)[C@@H](N(C)C)[C@@H]3C[C@@H]21.CC[C@H]1c2c(F)ccc(O)c2C(O)=C2C(=O)[C@]3(O)C(O)=C(C(N)=O)C(=O)[C@@H](N(C)C)[C@@H]3C[C@@H]21. The number of anilines is 1. The van der Waals surface area contributed by atoms with E-state index in [2.05, 4.69) is 5.32 Å². The molecule has 0 radical (unpaired) electrons. The number of carbonyl (C=O) groups excluding carboxylic acids is 7. The van der Waals surface area contributed by atoms with Crippen molar-refractivity contribution in [1.82, 2.24) is 9.80 Å². The van der Waals surface area contributed by atoms with Crippen LogP contribution in [0.15, 0.2) is 52.0 Å². The highest BCUT2D eigenvalue weighted by molar-refractivity contribution is 6.25. The lowest BCUT2D eigenvalue weighted by atomic mass is 9.55. The average Bonchev–Trinajstić information content (AvgIpc) is 3.30. The number of likely N-dealkylation sites (N-methyl/N-ethyl adjacent to an activating group) is 2. The molecule has 0 unspecified atom stereocenters. The fourth-order valence-corrected chi connectivity index (χ4v) is 12.6. The van der Waals surface area contributed by atoms with Gasteiger partial charge in [0, 0.05) is 46.6 Å². The molecule has 3 amide bonds. The van der Waals surface area contributed by atoms with Gasteiger partial charge in [-0.15, -0.1) is 0 Å². The van der Waals surface area contributed by atoms with Gasteiger partial charge in [0.25, 0.3) is 11.8 Å². The molecule has 2 aromatic rings. The Hall–Kier alpha value is -7.01. The number of nitrogens with zero attached hydrogens (tertiary/aromatic N) is 2. The lowest BCUT2D eigenvalue weighted by molar-refractivity contribution is -0.155. The minimum absolute atomic E-state index is 0.0446. The number of hydrogen-bond acceptors (Lipinski definition) is 17. The molecule has 10 atom stereocenters. The maximum atomic E-state index is 15.8. The Labute approximate surface area is 429 Å². The Balaban J connectivity index is 0.000000225. The van der Waals surface area contributed by atoms with E-state index in [1.807, 2.05) is 20.8 Å². The molecule has 0 aromatic heterocycles. The summed E-state index contributed by atoms with van der Waals surface area (Å²) in [6.45, 7) is 9.31. The van der Waals surface area contributed by atoms with E-state index in [9.17, 15) is 78.8 Å². The van der Waals surface area contributed by atoms with Crippen molar-refractivity contribution >= 4 is 58.1 Å². The number of nitrogens with two attached hydrogens (primary N) is 2. The molecule has 0 bridgehead atoms. The number of amides is 3. The standard InChI is InChI=1S/C30H38FN3O8.C23H25FN2O7/c1-7-12-13-10-14-22(34(5)6)25(38)21(28(32)41)27(40)30(14,42)26(39)19(13)24(37)20-18(12)15(31)11-16(23(20)36)33-17(35)8-9-29(2,3)4;1-4-8-9-7-10-17(26(2)3)19(29)16(22(25)32)21(31)23(10,33)20(30)14(9)18(28)15-12(27)6-5-11(24)13(8)15/h11-14,22,36-37,40,42H,7-10H2,1-6H3,(H2,32,41)(H,33,35);5-6,8-10,17,27-28,31,33H,4,7H2,1-3H3,(H2,25,32)/t12-,13-,14+,22+,30+;8-,9-,10+,17+,23+/m11/s1. The van der Waals surface area contributed by atoms with Crippen molar-refractivity contribution in [2.75, 3.05) is 33.5 Å². The minimum Gasteiger partial charge on any atom is -0.508 e. The van der Waals surface area contributed by atoms with Gasteiger partial charge in [0.1, 0.15) is 51.6 Å². The molecular weight excluding hydrogens is 985 g/mol. The molecule has 0 aliphatic heterocycles. The summed E-state index contributed by atoms with van der Waals surface area (Å²) in [5.74, 6) is -19.3. The highest BCUT2D eigenvalue weighted by Crippen LogP contribution is 2.60. The first-order chi connectivity index (χ1) is 34.8. The number of aromatic hydroxyl groups is 2. The van der Waals surface area contributed by atoms with Crippen LogP contribution in [0.25, 0.3) is 11.5 Å². The van der Waals surface area contributed by atoms with Crippen LogP contribution < -0.4 is 16.8 Å².